The molecule has 0 aromatic heterocycles. The van der Waals surface area contributed by atoms with Crippen molar-refractivity contribution in [1.82, 2.24) is 4.90 Å². The largest absolute Gasteiger partial charge is 0.480 e. The van der Waals surface area contributed by atoms with Gasteiger partial charge in [-0.15, -0.1) is 0 Å². The number of nitrogens with zero attached hydrogens (tertiary/aromatic N) is 1. The van der Waals surface area contributed by atoms with Gasteiger partial charge in [0.1, 0.15) is 5.54 Å². The SMILES string of the molecule is CN1CCC(N)C1(C)C(=O)O. The van der Waals surface area contributed by atoms with Crippen LogP contribution in [0.5, 0.6) is 0 Å². The summed E-state index contributed by atoms with van der Waals surface area (Å²) in [5, 5.41) is 8.89. The van der Waals surface area contributed by atoms with Crippen LogP contribution >= 0.6 is 0 Å². The van der Waals surface area contributed by atoms with Gasteiger partial charge >= 0.3 is 5.97 Å². The first kappa shape index (κ1) is 8.49. The number of hydrogen-bond donors (Lipinski definition) is 2. The fraction of sp³-hybridized carbons (Fsp3) is 0.857. The first-order valence-electron chi connectivity index (χ1n) is 3.70. The molecule has 4 heteroatoms. The van der Waals surface area contributed by atoms with Crippen molar-refractivity contribution in [3.8, 4) is 0 Å². The maximum absolute atomic E-state index is 10.8. The summed E-state index contributed by atoms with van der Waals surface area (Å²) < 4.78 is 0. The third-order valence-corrected chi connectivity index (χ3v) is 2.72. The van der Waals surface area contributed by atoms with Crippen LogP contribution in [0.4, 0.5) is 0 Å². The lowest BCUT2D eigenvalue weighted by Crippen LogP contribution is -2.55. The second-order valence-corrected chi connectivity index (χ2v) is 3.27. The van der Waals surface area contributed by atoms with Crippen molar-refractivity contribution in [2.24, 2.45) is 5.73 Å². The van der Waals surface area contributed by atoms with Crippen LogP contribution < -0.4 is 5.73 Å². The Bertz CT molecular complexity index is 171. The molecule has 0 bridgehead atoms. The highest BCUT2D eigenvalue weighted by Gasteiger charge is 2.47. The van der Waals surface area contributed by atoms with E-state index in [-0.39, 0.29) is 6.04 Å². The number of carboxylic acid groups (broad SMARTS) is 1. The van der Waals surface area contributed by atoms with Crippen LogP contribution in [0.2, 0.25) is 0 Å². The van der Waals surface area contributed by atoms with Crippen molar-refractivity contribution in [1.29, 1.82) is 0 Å². The van der Waals surface area contributed by atoms with Crippen molar-refractivity contribution in [3.05, 3.63) is 0 Å². The number of aliphatic carboxylic acids is 1. The Hall–Kier alpha value is -0.610. The van der Waals surface area contributed by atoms with Crippen molar-refractivity contribution in [2.45, 2.75) is 24.9 Å². The summed E-state index contributed by atoms with van der Waals surface area (Å²) in [5.41, 5.74) is 4.82. The maximum atomic E-state index is 10.8. The fourth-order valence-electron chi connectivity index (χ4n) is 1.45. The van der Waals surface area contributed by atoms with Gasteiger partial charge in [0.2, 0.25) is 0 Å². The van der Waals surface area contributed by atoms with Crippen LogP contribution in [0.25, 0.3) is 0 Å². The Balaban J connectivity index is 2.88. The molecule has 1 aliphatic heterocycles. The van der Waals surface area contributed by atoms with Gasteiger partial charge < -0.3 is 10.8 Å². The summed E-state index contributed by atoms with van der Waals surface area (Å²) in [6, 6.07) is -0.245. The number of carboxylic acids is 1. The average molecular weight is 158 g/mol. The Morgan fingerprint density at radius 3 is 2.55 bits per heavy atom. The smallest absolute Gasteiger partial charge is 0.325 e. The zero-order valence-electron chi connectivity index (χ0n) is 6.87. The van der Waals surface area contributed by atoms with E-state index >= 15 is 0 Å². The molecule has 0 spiro atoms. The molecule has 1 rings (SSSR count). The third-order valence-electron chi connectivity index (χ3n) is 2.72. The van der Waals surface area contributed by atoms with Gasteiger partial charge in [0.15, 0.2) is 0 Å². The molecule has 1 heterocycles. The predicted molar refractivity (Wildman–Crippen MR) is 41.3 cm³/mol. The molecule has 0 radical (unpaired) electrons. The number of nitrogens with two attached hydrogens (primary N) is 1. The van der Waals surface area contributed by atoms with Crippen LogP contribution in [-0.2, 0) is 4.79 Å². The zero-order chi connectivity index (χ0) is 8.65. The molecule has 0 amide bonds. The van der Waals surface area contributed by atoms with Crippen molar-refractivity contribution < 1.29 is 9.90 Å². The molecule has 0 saturated carbocycles. The number of hydrogen-bond acceptors (Lipinski definition) is 3. The molecule has 3 N–H and O–H groups in total. The molecule has 1 aliphatic rings. The van der Waals surface area contributed by atoms with Gasteiger partial charge in [-0.2, -0.15) is 0 Å². The van der Waals surface area contributed by atoms with Crippen LogP contribution in [0.15, 0.2) is 0 Å². The first-order valence-corrected chi connectivity index (χ1v) is 3.70. The van der Waals surface area contributed by atoms with E-state index in [1.54, 1.807) is 18.9 Å². The normalized spacial score (nSPS) is 39.4. The standard InChI is InChI=1S/C7H14N2O2/c1-7(6(10)11)5(8)3-4-9(7)2/h5H,3-4,8H2,1-2H3,(H,10,11). The van der Waals surface area contributed by atoms with Crippen LogP contribution in [0.3, 0.4) is 0 Å². The Morgan fingerprint density at radius 2 is 2.36 bits per heavy atom. The summed E-state index contributed by atoms with van der Waals surface area (Å²) in [6.45, 7) is 2.44. The summed E-state index contributed by atoms with van der Waals surface area (Å²) in [6.07, 6.45) is 0.763. The van der Waals surface area contributed by atoms with E-state index in [4.69, 9.17) is 10.8 Å². The second kappa shape index (κ2) is 2.46. The highest BCUT2D eigenvalue weighted by Crippen LogP contribution is 2.26. The summed E-state index contributed by atoms with van der Waals surface area (Å²) in [5.74, 6) is -0.829. The molecule has 0 aliphatic carbocycles. The quantitative estimate of drug-likeness (QED) is 0.539. The molecular weight excluding hydrogens is 144 g/mol. The Labute approximate surface area is 66.0 Å². The highest BCUT2D eigenvalue weighted by molar-refractivity contribution is 5.79. The van der Waals surface area contributed by atoms with E-state index in [1.807, 2.05) is 0 Å². The van der Waals surface area contributed by atoms with E-state index in [9.17, 15) is 4.79 Å². The van der Waals surface area contributed by atoms with Gasteiger partial charge in [-0.05, 0) is 20.4 Å². The lowest BCUT2D eigenvalue weighted by molar-refractivity contribution is -0.148. The summed E-state index contributed by atoms with van der Waals surface area (Å²) in [4.78, 5) is 12.6. The van der Waals surface area contributed by atoms with E-state index in [0.717, 1.165) is 13.0 Å². The van der Waals surface area contributed by atoms with E-state index in [2.05, 4.69) is 0 Å². The van der Waals surface area contributed by atoms with Crippen molar-refractivity contribution >= 4 is 5.97 Å². The van der Waals surface area contributed by atoms with Gasteiger partial charge in [0.05, 0.1) is 0 Å². The van der Waals surface area contributed by atoms with Crippen LogP contribution in [-0.4, -0.2) is 41.1 Å². The minimum atomic E-state index is -0.861. The van der Waals surface area contributed by atoms with Crippen LogP contribution in [0.1, 0.15) is 13.3 Å². The molecule has 4 nitrogen and oxygen atoms in total. The monoisotopic (exact) mass is 158 g/mol. The van der Waals surface area contributed by atoms with Gasteiger partial charge in [0, 0.05) is 12.6 Å². The molecule has 2 unspecified atom stereocenters. The van der Waals surface area contributed by atoms with Crippen molar-refractivity contribution in [3.63, 3.8) is 0 Å². The maximum Gasteiger partial charge on any atom is 0.325 e. The van der Waals surface area contributed by atoms with Gasteiger partial charge in [-0.25, -0.2) is 0 Å². The van der Waals surface area contributed by atoms with Crippen molar-refractivity contribution in [2.75, 3.05) is 13.6 Å². The highest BCUT2D eigenvalue weighted by atomic mass is 16.4. The molecule has 1 fully saturated rings. The number of likely N-dealkylation sites (N-methyl/N-ethyl adjacent to an activating group) is 1. The van der Waals surface area contributed by atoms with Gasteiger partial charge in [0.25, 0.3) is 0 Å². The third kappa shape index (κ3) is 1.02. The molecule has 11 heavy (non-hydrogen) atoms. The molecule has 64 valence electrons. The van der Waals surface area contributed by atoms with Crippen LogP contribution in [0, 0.1) is 0 Å². The second-order valence-electron chi connectivity index (χ2n) is 3.27. The predicted octanol–water partition coefficient (Wildman–Crippen LogP) is -0.507. The average Bonchev–Trinajstić information content (AvgIpc) is 2.18. The number of likely N-dealkylation sites (tertiary alicyclic amines) is 1. The van der Waals surface area contributed by atoms with E-state index < -0.39 is 11.5 Å². The fourth-order valence-corrected chi connectivity index (χ4v) is 1.45. The molecule has 1 saturated heterocycles. The summed E-state index contributed by atoms with van der Waals surface area (Å²) >= 11 is 0. The first-order chi connectivity index (χ1) is 4.99. The molecule has 0 aromatic rings. The Kier molecular flexibility index (Phi) is 1.90. The number of rotatable bonds is 1. The molecule has 2 atom stereocenters. The minimum Gasteiger partial charge on any atom is -0.480 e. The van der Waals surface area contributed by atoms with Gasteiger partial charge in [-0.1, -0.05) is 0 Å². The number of carbonyl (C=O) groups is 1. The topological polar surface area (TPSA) is 66.6 Å². The lowest BCUT2D eigenvalue weighted by Gasteiger charge is -2.30. The molecular formula is C7H14N2O2. The Morgan fingerprint density at radius 1 is 1.82 bits per heavy atom. The minimum absolute atomic E-state index is 0.245. The van der Waals surface area contributed by atoms with E-state index in [0.29, 0.717) is 0 Å². The lowest BCUT2D eigenvalue weighted by atomic mass is 9.95. The molecule has 0 aromatic carbocycles. The summed E-state index contributed by atoms with van der Waals surface area (Å²) in [7, 11) is 1.79. The van der Waals surface area contributed by atoms with E-state index in [1.165, 1.54) is 0 Å². The zero-order valence-corrected chi connectivity index (χ0v) is 6.87. The van der Waals surface area contributed by atoms with Gasteiger partial charge in [-0.3, -0.25) is 9.69 Å².